The molecule has 0 fully saturated rings. The van der Waals surface area contributed by atoms with Crippen LogP contribution in [0.25, 0.3) is 0 Å². The molecule has 0 N–H and O–H groups in total. The van der Waals surface area contributed by atoms with Crippen LogP contribution in [0.2, 0.25) is 6.04 Å². The zero-order valence-electron chi connectivity index (χ0n) is 7.26. The van der Waals surface area contributed by atoms with Crippen LogP contribution in [-0.4, -0.2) is 9.04 Å². The normalized spacial score (nSPS) is 13.1. The number of rotatable bonds is 4. The molecule has 0 aromatic carbocycles. The maximum atomic E-state index is 10.9. The van der Waals surface area contributed by atoms with Crippen molar-refractivity contribution in [3.8, 4) is 0 Å². The fraction of sp³-hybridized carbons (Fsp3) is 0.714. The van der Waals surface area contributed by atoms with Crippen molar-refractivity contribution in [1.29, 1.82) is 0 Å². The molecule has 0 saturated heterocycles. The average molecular weight is 150 g/mol. The summed E-state index contributed by atoms with van der Waals surface area (Å²) in [6.07, 6.45) is 4.16. The summed E-state index contributed by atoms with van der Waals surface area (Å²) >= 11 is 0. The first kappa shape index (κ1) is 13.1. The molecule has 1 atom stereocenters. The van der Waals surface area contributed by atoms with E-state index in [4.69, 9.17) is 0 Å². The Morgan fingerprint density at radius 3 is 2.50 bits per heavy atom. The summed E-state index contributed by atoms with van der Waals surface area (Å²) in [4.78, 5) is 10.9. The van der Waals surface area contributed by atoms with Gasteiger partial charge in [-0.05, 0) is 16.0 Å². The van der Waals surface area contributed by atoms with Gasteiger partial charge in [0.15, 0.2) is 0 Å². The Hall–Kier alpha value is 0.514. The number of hydrogen-bond acceptors (Lipinski definition) is 1. The number of unbranched alkanes of at least 4 members (excludes halogenated alkanes) is 1. The molecule has 0 aromatic heterocycles. The summed E-state index contributed by atoms with van der Waals surface area (Å²) in [6, 6.07) is 0.931. The molecule has 0 bridgehead atoms. The predicted octanol–water partition coefficient (Wildman–Crippen LogP) is -2.01. The van der Waals surface area contributed by atoms with Crippen LogP contribution in [0.15, 0.2) is 11.8 Å². The molecule has 0 aliphatic heterocycles. The van der Waals surface area contributed by atoms with E-state index in [0.29, 0.717) is 0 Å². The van der Waals surface area contributed by atoms with Crippen molar-refractivity contribution in [1.82, 2.24) is 0 Å². The average Bonchev–Trinajstić information content (AvgIpc) is 1.85. The Kier molecular flexibility index (Phi) is 12.5. The van der Waals surface area contributed by atoms with Crippen molar-refractivity contribution in [3.63, 3.8) is 0 Å². The monoisotopic (exact) mass is 150 g/mol. The van der Waals surface area contributed by atoms with Gasteiger partial charge in [-0.1, -0.05) is 31.9 Å². The Morgan fingerprint density at radius 2 is 2.10 bits per heavy atom. The third kappa shape index (κ3) is 8.51. The smallest absolute Gasteiger partial charge is 0.858 e. The Balaban J connectivity index is 0. The van der Waals surface area contributed by atoms with Crippen LogP contribution in [0.3, 0.4) is 0 Å². The maximum absolute atomic E-state index is 10.9. The van der Waals surface area contributed by atoms with Crippen LogP contribution in [0.5, 0.6) is 0 Å². The standard InChI is InChI=1S/C7H15OSi.Li/c1-3-5-7-9(8)6-4-2;/h4,6,9H,3,5,7H2,1-2H3;/q-1;+1. The van der Waals surface area contributed by atoms with E-state index in [0.717, 1.165) is 18.9 Å². The molecule has 10 heavy (non-hydrogen) atoms. The first-order valence-corrected chi connectivity index (χ1v) is 5.55. The second-order valence-corrected chi connectivity index (χ2v) is 4.25. The van der Waals surface area contributed by atoms with E-state index in [2.05, 4.69) is 6.92 Å². The summed E-state index contributed by atoms with van der Waals surface area (Å²) in [7, 11) is -1.65. The van der Waals surface area contributed by atoms with Crippen molar-refractivity contribution < 1.29 is 23.7 Å². The van der Waals surface area contributed by atoms with Crippen LogP contribution < -0.4 is 23.7 Å². The second kappa shape index (κ2) is 9.51. The molecule has 3 heteroatoms. The van der Waals surface area contributed by atoms with Gasteiger partial charge in [0.2, 0.25) is 0 Å². The molecular weight excluding hydrogens is 135 g/mol. The van der Waals surface area contributed by atoms with Gasteiger partial charge in [0, 0.05) is 0 Å². The van der Waals surface area contributed by atoms with Crippen molar-refractivity contribution in [2.24, 2.45) is 0 Å². The molecule has 0 heterocycles. The molecule has 0 amide bonds. The molecule has 0 saturated carbocycles. The largest absolute Gasteiger partial charge is 1.00 e. The first-order valence-electron chi connectivity index (χ1n) is 3.60. The van der Waals surface area contributed by atoms with E-state index in [1.165, 1.54) is 0 Å². The van der Waals surface area contributed by atoms with Crippen molar-refractivity contribution >= 4 is 9.04 Å². The molecule has 0 aliphatic rings. The zero-order chi connectivity index (χ0) is 7.11. The molecule has 0 radical (unpaired) electrons. The van der Waals surface area contributed by atoms with E-state index in [1.807, 2.05) is 18.7 Å². The number of hydrogen-bond donors (Lipinski definition) is 0. The second-order valence-electron chi connectivity index (χ2n) is 2.21. The maximum Gasteiger partial charge on any atom is 1.00 e. The van der Waals surface area contributed by atoms with Crippen LogP contribution in [0.4, 0.5) is 0 Å². The third-order valence-electron chi connectivity index (χ3n) is 1.25. The van der Waals surface area contributed by atoms with E-state index in [9.17, 15) is 4.80 Å². The summed E-state index contributed by atoms with van der Waals surface area (Å²) in [6.45, 7) is 4.04. The van der Waals surface area contributed by atoms with Crippen LogP contribution in [0, 0.1) is 0 Å². The molecule has 0 aliphatic carbocycles. The van der Waals surface area contributed by atoms with Gasteiger partial charge < -0.3 is 4.80 Å². The van der Waals surface area contributed by atoms with Crippen molar-refractivity contribution in [2.75, 3.05) is 0 Å². The van der Waals surface area contributed by atoms with Gasteiger partial charge in [0.25, 0.3) is 0 Å². The summed E-state index contributed by atoms with van der Waals surface area (Å²) in [5.41, 5.74) is 1.86. The summed E-state index contributed by atoms with van der Waals surface area (Å²) in [5.74, 6) is 0. The van der Waals surface area contributed by atoms with Gasteiger partial charge >= 0.3 is 18.9 Å². The van der Waals surface area contributed by atoms with Crippen molar-refractivity contribution in [3.05, 3.63) is 11.8 Å². The summed E-state index contributed by atoms with van der Waals surface area (Å²) < 4.78 is 0. The minimum absolute atomic E-state index is 0. The topological polar surface area (TPSA) is 23.1 Å². The summed E-state index contributed by atoms with van der Waals surface area (Å²) in [5, 5.41) is 0. The zero-order valence-corrected chi connectivity index (χ0v) is 8.42. The minimum atomic E-state index is -1.65. The van der Waals surface area contributed by atoms with Crippen LogP contribution in [-0.2, 0) is 0 Å². The van der Waals surface area contributed by atoms with Gasteiger partial charge in [0.1, 0.15) is 0 Å². The van der Waals surface area contributed by atoms with E-state index < -0.39 is 9.04 Å². The van der Waals surface area contributed by atoms with E-state index in [-0.39, 0.29) is 18.9 Å². The van der Waals surface area contributed by atoms with Crippen LogP contribution >= 0.6 is 0 Å². The molecule has 54 valence electrons. The Labute approximate surface area is 77.4 Å². The fourth-order valence-electron chi connectivity index (χ4n) is 0.716. The molecule has 0 spiro atoms. The molecule has 0 aromatic rings. The van der Waals surface area contributed by atoms with Gasteiger partial charge in [-0.3, -0.25) is 0 Å². The van der Waals surface area contributed by atoms with Crippen molar-refractivity contribution in [2.45, 2.75) is 32.7 Å². The first-order chi connectivity index (χ1) is 4.31. The van der Waals surface area contributed by atoms with E-state index >= 15 is 0 Å². The SMILES string of the molecule is CC=C[SiH]([O-])CCCC.[Li+]. The third-order valence-corrected chi connectivity index (χ3v) is 3.04. The Morgan fingerprint density at radius 1 is 1.50 bits per heavy atom. The van der Waals surface area contributed by atoms with Gasteiger partial charge in [0.05, 0.1) is 0 Å². The minimum Gasteiger partial charge on any atom is -0.858 e. The van der Waals surface area contributed by atoms with Crippen LogP contribution in [0.1, 0.15) is 26.7 Å². The van der Waals surface area contributed by atoms with Gasteiger partial charge in [-0.2, -0.15) is 0 Å². The fourth-order valence-corrected chi connectivity index (χ4v) is 2.15. The molecular formula is C7H15LiOSi. The number of allylic oxidation sites excluding steroid dienone is 1. The predicted molar refractivity (Wildman–Crippen MR) is 41.7 cm³/mol. The van der Waals surface area contributed by atoms with Gasteiger partial charge in [-0.15, -0.1) is 5.70 Å². The van der Waals surface area contributed by atoms with Gasteiger partial charge in [-0.25, -0.2) is 0 Å². The Bertz CT molecular complexity index is 85.7. The quantitative estimate of drug-likeness (QED) is 0.425. The molecule has 0 rings (SSSR count). The molecule has 1 unspecified atom stereocenters. The molecule has 1 nitrogen and oxygen atoms in total. The van der Waals surface area contributed by atoms with E-state index in [1.54, 1.807) is 0 Å².